The topological polar surface area (TPSA) is 82.9 Å². The van der Waals surface area contributed by atoms with Crippen molar-refractivity contribution in [2.45, 2.75) is 12.2 Å². The van der Waals surface area contributed by atoms with Gasteiger partial charge in [-0.05, 0) is 24.3 Å². The summed E-state index contributed by atoms with van der Waals surface area (Å²) in [5.41, 5.74) is 0.239. The van der Waals surface area contributed by atoms with Gasteiger partial charge in [-0.15, -0.1) is 0 Å². The molecule has 1 saturated heterocycles. The molecule has 0 radical (unpaired) electrons. The van der Waals surface area contributed by atoms with Crippen LogP contribution < -0.4 is 15.4 Å². The lowest BCUT2D eigenvalue weighted by molar-refractivity contribution is -0.137. The molecule has 8 nitrogen and oxygen atoms in total. The van der Waals surface area contributed by atoms with Gasteiger partial charge in [0.2, 0.25) is 11.9 Å². The van der Waals surface area contributed by atoms with Gasteiger partial charge >= 0.3 is 6.18 Å². The van der Waals surface area contributed by atoms with E-state index in [-0.39, 0.29) is 40.2 Å². The number of anilines is 2. The fourth-order valence-electron chi connectivity index (χ4n) is 5.26. The number of fused-ring (bicyclic) bond motifs is 2. The number of pyridine rings is 1. The molecule has 0 amide bonds. The van der Waals surface area contributed by atoms with E-state index in [1.54, 1.807) is 7.05 Å². The number of halogens is 4. The predicted molar refractivity (Wildman–Crippen MR) is 125 cm³/mol. The van der Waals surface area contributed by atoms with Crippen LogP contribution in [0.25, 0.3) is 22.3 Å². The Kier molecular flexibility index (Phi) is 4.86. The van der Waals surface area contributed by atoms with E-state index in [0.29, 0.717) is 30.5 Å². The van der Waals surface area contributed by atoms with E-state index in [4.69, 9.17) is 0 Å². The normalized spacial score (nSPS) is 21.2. The first kappa shape index (κ1) is 22.5. The minimum atomic E-state index is -4.42. The Morgan fingerprint density at radius 1 is 1.11 bits per heavy atom. The second-order valence-corrected chi connectivity index (χ2v) is 9.32. The first-order valence-corrected chi connectivity index (χ1v) is 11.3. The lowest BCUT2D eigenvalue weighted by Crippen LogP contribution is -2.36. The highest BCUT2D eigenvalue weighted by atomic mass is 19.4. The van der Waals surface area contributed by atoms with Crippen LogP contribution in [0.1, 0.15) is 5.56 Å². The zero-order valence-corrected chi connectivity index (χ0v) is 19.3. The van der Waals surface area contributed by atoms with Crippen LogP contribution in [0.2, 0.25) is 0 Å². The van der Waals surface area contributed by atoms with Gasteiger partial charge in [0.1, 0.15) is 0 Å². The van der Waals surface area contributed by atoms with Crippen molar-refractivity contribution in [3.05, 3.63) is 64.5 Å². The molecule has 6 rings (SSSR count). The van der Waals surface area contributed by atoms with Gasteiger partial charge in [-0.2, -0.15) is 13.2 Å². The molecule has 3 aromatic heterocycles. The van der Waals surface area contributed by atoms with Crippen LogP contribution in [-0.4, -0.2) is 50.7 Å². The molecule has 36 heavy (non-hydrogen) atoms. The number of piperidine rings is 1. The summed E-state index contributed by atoms with van der Waals surface area (Å²) in [6, 6.07) is 6.39. The average molecular weight is 499 g/mol. The molecule has 0 bridgehead atoms. The number of imidazole rings is 1. The number of alkyl halides is 3. The number of nitrogens with one attached hydrogen (secondary N) is 1. The predicted octanol–water partition coefficient (Wildman–Crippen LogP) is 3.45. The molecule has 0 unspecified atom stereocenters. The van der Waals surface area contributed by atoms with Gasteiger partial charge in [-0.3, -0.25) is 14.3 Å². The molecule has 2 fully saturated rings. The molecule has 1 N–H and O–H groups in total. The maximum atomic E-state index is 14.3. The van der Waals surface area contributed by atoms with Gasteiger partial charge in [0, 0.05) is 62.9 Å². The Morgan fingerprint density at radius 3 is 2.56 bits per heavy atom. The van der Waals surface area contributed by atoms with E-state index in [1.165, 1.54) is 29.0 Å². The number of nitrogens with zero attached hydrogens (tertiary/aromatic N) is 6. The third-order valence-electron chi connectivity index (χ3n) is 7.17. The summed E-state index contributed by atoms with van der Waals surface area (Å²) in [6.45, 7) is 1.33. The quantitative estimate of drug-likeness (QED) is 0.433. The third-order valence-corrected chi connectivity index (χ3v) is 7.17. The molecule has 1 saturated carbocycles. The van der Waals surface area contributed by atoms with Crippen LogP contribution in [0.3, 0.4) is 0 Å². The molecule has 4 aromatic rings. The maximum absolute atomic E-state index is 14.3. The highest BCUT2D eigenvalue weighted by Crippen LogP contribution is 2.50. The Balaban J connectivity index is 1.21. The summed E-state index contributed by atoms with van der Waals surface area (Å²) < 4.78 is 54.8. The molecule has 1 aliphatic carbocycles. The summed E-state index contributed by atoms with van der Waals surface area (Å²) in [4.78, 5) is 32.4. The number of H-pyrrole nitrogens is 1. The Bertz CT molecular complexity index is 1530. The van der Waals surface area contributed by atoms with E-state index in [9.17, 15) is 22.4 Å². The molecule has 0 spiro atoms. The lowest BCUT2D eigenvalue weighted by Gasteiger charge is -2.26. The molecule has 186 valence electrons. The fourth-order valence-corrected chi connectivity index (χ4v) is 5.26. The second-order valence-electron chi connectivity index (χ2n) is 9.32. The van der Waals surface area contributed by atoms with Crippen molar-refractivity contribution < 1.29 is 17.6 Å². The van der Waals surface area contributed by atoms with E-state index in [0.717, 1.165) is 18.3 Å². The number of aromatic nitrogens is 5. The van der Waals surface area contributed by atoms with Crippen LogP contribution >= 0.6 is 0 Å². The van der Waals surface area contributed by atoms with Crippen LogP contribution in [0.15, 0.2) is 47.5 Å². The summed E-state index contributed by atoms with van der Waals surface area (Å²) in [6.07, 6.45) is -1.89. The van der Waals surface area contributed by atoms with Gasteiger partial charge in [0.15, 0.2) is 5.82 Å². The minimum Gasteiger partial charge on any atom is -0.342 e. The van der Waals surface area contributed by atoms with Crippen LogP contribution in [0.5, 0.6) is 0 Å². The Hall–Kier alpha value is -3.96. The number of hydrogen-bond acceptors (Lipinski definition) is 6. The van der Waals surface area contributed by atoms with Crippen molar-refractivity contribution in [2.75, 3.05) is 29.9 Å². The smallest absolute Gasteiger partial charge is 0.342 e. The molecule has 1 aromatic carbocycles. The van der Waals surface area contributed by atoms with Gasteiger partial charge < -0.3 is 14.8 Å². The van der Waals surface area contributed by atoms with Crippen LogP contribution in [0.4, 0.5) is 29.5 Å². The van der Waals surface area contributed by atoms with E-state index in [2.05, 4.69) is 19.9 Å². The monoisotopic (exact) mass is 499 g/mol. The summed E-state index contributed by atoms with van der Waals surface area (Å²) in [5, 5.41) is 0. The van der Waals surface area contributed by atoms with Gasteiger partial charge in [0.25, 0.3) is 5.56 Å². The third kappa shape index (κ3) is 3.59. The van der Waals surface area contributed by atoms with Crippen LogP contribution in [-0.2, 0) is 13.2 Å². The standard InChI is InChI=1S/C24H21F4N7O/c1-33-20(36)8-18(13-5-6-29-9-16(13)25)32-23(33)34(2)21-14-10-35(11-15(14)21)22-30-17-4-3-12(24(26,27)28)7-19(17)31-22/h3-9,14-15,21H,10-11H2,1-2H3,(H,30,31)/t14-,15+,21-. The maximum Gasteiger partial charge on any atom is 0.416 e. The Morgan fingerprint density at radius 2 is 1.86 bits per heavy atom. The van der Waals surface area contributed by atoms with Gasteiger partial charge in [0.05, 0.1) is 28.5 Å². The van der Waals surface area contributed by atoms with Crippen molar-refractivity contribution in [1.29, 1.82) is 0 Å². The minimum absolute atomic E-state index is 0.123. The average Bonchev–Trinajstić information content (AvgIpc) is 3.17. The largest absolute Gasteiger partial charge is 0.416 e. The summed E-state index contributed by atoms with van der Waals surface area (Å²) in [7, 11) is 3.49. The van der Waals surface area contributed by atoms with E-state index < -0.39 is 17.6 Å². The number of aromatic amines is 1. The Labute approximate surface area is 202 Å². The molecule has 2 aliphatic rings. The van der Waals surface area contributed by atoms with Gasteiger partial charge in [-0.1, -0.05) is 0 Å². The lowest BCUT2D eigenvalue weighted by atomic mass is 10.2. The summed E-state index contributed by atoms with van der Waals surface area (Å²) in [5.74, 6) is 0.958. The van der Waals surface area contributed by atoms with Gasteiger partial charge in [-0.25, -0.2) is 14.4 Å². The fraction of sp³-hybridized carbons (Fsp3) is 0.333. The zero-order chi connectivity index (χ0) is 25.4. The number of hydrogen-bond donors (Lipinski definition) is 1. The SMILES string of the molecule is CN(c1nc(-c2ccncc2F)cc(=O)n1C)[C@@H]1[C@@H]2CN(c3nc4cc(C(F)(F)F)ccc4[nH]3)C[C@@H]21. The molecule has 3 atom stereocenters. The van der Waals surface area contributed by atoms with E-state index in [1.807, 2.05) is 16.8 Å². The van der Waals surface area contributed by atoms with Crippen molar-refractivity contribution in [1.82, 2.24) is 24.5 Å². The molecule has 1 aliphatic heterocycles. The number of benzene rings is 1. The first-order valence-electron chi connectivity index (χ1n) is 11.3. The van der Waals surface area contributed by atoms with E-state index >= 15 is 0 Å². The zero-order valence-electron chi connectivity index (χ0n) is 19.3. The van der Waals surface area contributed by atoms with Crippen molar-refractivity contribution >= 4 is 22.9 Å². The number of rotatable bonds is 4. The summed E-state index contributed by atoms with van der Waals surface area (Å²) >= 11 is 0. The molecular formula is C24H21F4N7O. The van der Waals surface area contributed by atoms with Crippen LogP contribution in [0, 0.1) is 17.7 Å². The highest BCUT2D eigenvalue weighted by Gasteiger charge is 2.58. The molecular weight excluding hydrogens is 478 g/mol. The first-order chi connectivity index (χ1) is 17.1. The highest BCUT2D eigenvalue weighted by molar-refractivity contribution is 5.78. The molecule has 4 heterocycles. The van der Waals surface area contributed by atoms with Crippen molar-refractivity contribution in [2.24, 2.45) is 18.9 Å². The van der Waals surface area contributed by atoms with Crippen molar-refractivity contribution in [3.8, 4) is 11.3 Å². The second kappa shape index (κ2) is 7.77. The molecule has 12 heteroatoms. The van der Waals surface area contributed by atoms with Crippen molar-refractivity contribution in [3.63, 3.8) is 0 Å².